The van der Waals surface area contributed by atoms with Crippen molar-refractivity contribution >= 4 is 82.6 Å². The highest BCUT2D eigenvalue weighted by Gasteiger charge is 2.50. The smallest absolute Gasteiger partial charge is 0.347 e. The molecule has 4 amide bonds. The summed E-state index contributed by atoms with van der Waals surface area (Å²) >= 11 is 12.7. The highest BCUT2D eigenvalue weighted by Crippen LogP contribution is 2.47. The molecule has 119 heavy (non-hydrogen) atoms. The van der Waals surface area contributed by atoms with Gasteiger partial charge >= 0.3 is 35.8 Å². The average molecular weight is 1690 g/mol. The Labute approximate surface area is 703 Å². The Hall–Kier alpha value is -10.6. The Morgan fingerprint density at radius 2 is 0.933 bits per heavy atom. The van der Waals surface area contributed by atoms with Gasteiger partial charge in [-0.25, -0.2) is 19.0 Å². The summed E-state index contributed by atoms with van der Waals surface area (Å²) in [5.74, 6) is -5.72. The van der Waals surface area contributed by atoms with Gasteiger partial charge in [0, 0.05) is 75.8 Å². The zero-order valence-corrected chi connectivity index (χ0v) is 71.1. The molecule has 30 nitrogen and oxygen atoms in total. The number of amides is 4. The summed E-state index contributed by atoms with van der Waals surface area (Å²) in [7, 11) is 4.37. The second-order valence-corrected chi connectivity index (χ2v) is 33.5. The van der Waals surface area contributed by atoms with Crippen molar-refractivity contribution in [3.8, 4) is 11.5 Å². The molecule has 2 fully saturated rings. The molecule has 0 saturated carbocycles. The minimum atomic E-state index is -1.24. The van der Waals surface area contributed by atoms with Gasteiger partial charge in [0.1, 0.15) is 48.0 Å². The number of carbonyl (C=O) groups excluding carboxylic acids is 9. The predicted octanol–water partition coefficient (Wildman–Crippen LogP) is 10.4. The van der Waals surface area contributed by atoms with E-state index in [0.29, 0.717) is 77.9 Å². The summed E-state index contributed by atoms with van der Waals surface area (Å²) in [5, 5.41) is 37.4. The first-order valence-electron chi connectivity index (χ1n) is 40.1. The number of aliphatic carboxylic acids is 1. The molecule has 32 heteroatoms. The Bertz CT molecular complexity index is 4580. The third-order valence-electron chi connectivity index (χ3n) is 20.9. The molecule has 0 radical (unpaired) electrons. The molecule has 4 aliphatic rings. The lowest BCUT2D eigenvalue weighted by molar-refractivity contribution is -0.179. The average Bonchev–Trinajstić information content (AvgIpc) is 1.63. The van der Waals surface area contributed by atoms with Gasteiger partial charge in [-0.15, -0.1) is 10.2 Å². The fourth-order valence-corrected chi connectivity index (χ4v) is 14.2. The summed E-state index contributed by atoms with van der Waals surface area (Å²) in [5.41, 5.74) is 4.28. The van der Waals surface area contributed by atoms with Gasteiger partial charge in [-0.05, 0) is 148 Å². The van der Waals surface area contributed by atoms with E-state index in [0.717, 1.165) is 33.6 Å². The highest BCUT2D eigenvalue weighted by atomic mass is 35.5. The lowest BCUT2D eigenvalue weighted by Crippen LogP contribution is -2.51. The number of benzene rings is 4. The van der Waals surface area contributed by atoms with Gasteiger partial charge in [0.2, 0.25) is 23.6 Å². The van der Waals surface area contributed by atoms with Crippen LogP contribution in [0.2, 0.25) is 10.0 Å². The number of ether oxygens (including phenoxy) is 9. The molecule has 4 aliphatic heterocycles. The van der Waals surface area contributed by atoms with Crippen LogP contribution in [-0.2, 0) is 120 Å². The van der Waals surface area contributed by atoms with E-state index in [1.165, 1.54) is 33.5 Å². The van der Waals surface area contributed by atoms with Crippen molar-refractivity contribution in [2.45, 2.75) is 220 Å². The fourth-order valence-electron chi connectivity index (χ4n) is 13.6. The number of aryl methyl sites for hydroxylation is 2. The second kappa shape index (κ2) is 42.9. The summed E-state index contributed by atoms with van der Waals surface area (Å²) in [6, 6.07) is 24.0. The standard InChI is InChI=1S/C44H56ClN5O10.C43H54ClN5O10/c1-26(2)20-36-42(54)58-34(27(3)39-40(60-39)30-17-14-28(15-18-30)23-50-24-31(48-49-50)10-8-13-38(52)57-7)11-9-12-37(51)47-33(22-29-16-19-35(56-6)32(45)21-29)41(53)46-25-44(4,5)43(55)59-36;1-25(2)19-35-41(54)57-33(26(3)38-39(59-38)29-16-13-27(14-17-29)22-49-23-30(47-48-49)9-7-12-37(51)52)10-8-11-36(50)46-32(21-28-15-18-34(56-6)31(44)20-28)40(53)45-24-43(4,5)42(55)58-35/h9,12,14-19,21,24,26-27,33-34,36,39-40H,8,10-11,13,20,22-23,25H2,1-7H3,(H,46,53)(H,47,51);8,11,13-18,20,23,25-26,32-33,35,38-39H,7,9-10,12,19,21-22,24H2,1-6H3,(H,45,53)(H,46,50)(H,51,52)/b12-9+;11-8+/t27-,33+,34-,36-,39+,40+;26-,32+,33-,35-,38+,39+/m00/s1. The van der Waals surface area contributed by atoms with Crippen molar-refractivity contribution in [3.63, 3.8) is 0 Å². The molecular formula is C87H110Cl2N10O20. The number of hydrogen-bond donors (Lipinski definition) is 5. The SMILES string of the molecule is COC(=O)CCCc1cn(Cc2ccc([C@H]3O[C@@H]3[C@@H](C)[C@@H]3C/C=C/C(=O)N[C@H](Cc4ccc(OC)c(Cl)c4)C(=O)NCC(C)(C)C(=O)O[C@@H](CC(C)C)C(=O)O3)cc2)nn1.COc1ccc(C[C@H]2NC(=O)/C=C/C[C@@H]([C@H](C)[C@H]3O[C@@H]3c3ccc(Cn4cc(CCCC(=O)O)nn4)cc3)OC(=O)[C@H](CC(C)C)OC(=O)C(C)(C)CNC2=O)cc1Cl. The third kappa shape index (κ3) is 27.8. The number of aromatic nitrogens is 6. The number of carbonyl (C=O) groups is 10. The maximum Gasteiger partial charge on any atom is 0.347 e. The molecule has 0 unspecified atom stereocenters. The van der Waals surface area contributed by atoms with E-state index in [4.69, 9.17) is 70.9 Å². The van der Waals surface area contributed by atoms with E-state index in [2.05, 4.69) is 41.9 Å². The number of halogens is 2. The van der Waals surface area contributed by atoms with E-state index in [-0.39, 0.29) is 112 Å². The molecule has 6 heterocycles. The van der Waals surface area contributed by atoms with E-state index in [9.17, 15) is 47.9 Å². The van der Waals surface area contributed by atoms with Gasteiger partial charge in [0.25, 0.3) is 0 Å². The first kappa shape index (κ1) is 92.3. The maximum atomic E-state index is 13.8. The molecule has 642 valence electrons. The van der Waals surface area contributed by atoms with Gasteiger partial charge in [-0.2, -0.15) is 0 Å². The minimum absolute atomic E-state index is 0.0146. The number of hydrogen-bond acceptors (Lipinski definition) is 23. The van der Waals surface area contributed by atoms with Gasteiger partial charge in [-0.3, -0.25) is 38.4 Å². The van der Waals surface area contributed by atoms with Crippen molar-refractivity contribution in [1.82, 2.24) is 51.3 Å². The van der Waals surface area contributed by atoms with Crippen LogP contribution < -0.4 is 30.7 Å². The number of nitrogens with zero attached hydrogens (tertiary/aromatic N) is 6. The van der Waals surface area contributed by atoms with E-state index in [1.54, 1.807) is 85.6 Å². The zero-order valence-electron chi connectivity index (χ0n) is 69.6. The largest absolute Gasteiger partial charge is 0.495 e. The van der Waals surface area contributed by atoms with E-state index >= 15 is 0 Å². The fraction of sp³-hybridized carbons (Fsp3) is 0.517. The molecule has 10 rings (SSSR count). The minimum Gasteiger partial charge on any atom is -0.495 e. The number of esters is 5. The van der Waals surface area contributed by atoms with Crippen molar-refractivity contribution < 1.29 is 95.7 Å². The van der Waals surface area contributed by atoms with Crippen molar-refractivity contribution in [2.24, 2.45) is 34.5 Å². The first-order valence-corrected chi connectivity index (χ1v) is 40.9. The molecular weight excluding hydrogens is 1580 g/mol. The van der Waals surface area contributed by atoms with Gasteiger partial charge in [0.15, 0.2) is 12.2 Å². The number of rotatable bonds is 28. The summed E-state index contributed by atoms with van der Waals surface area (Å²) in [6.07, 6.45) is 8.05. The molecule has 0 spiro atoms. The first-order chi connectivity index (χ1) is 56.6. The van der Waals surface area contributed by atoms with Crippen LogP contribution >= 0.6 is 23.2 Å². The van der Waals surface area contributed by atoms with Crippen LogP contribution in [0, 0.1) is 34.5 Å². The molecule has 0 aliphatic carbocycles. The van der Waals surface area contributed by atoms with Crippen LogP contribution in [0.3, 0.4) is 0 Å². The van der Waals surface area contributed by atoms with Crippen molar-refractivity contribution in [2.75, 3.05) is 34.4 Å². The zero-order chi connectivity index (χ0) is 86.4. The number of epoxide rings is 2. The number of cyclic esters (lactones) is 4. The molecule has 0 bridgehead atoms. The second-order valence-electron chi connectivity index (χ2n) is 32.7. The molecule has 2 saturated heterocycles. The quantitative estimate of drug-likeness (QED) is 0.0173. The van der Waals surface area contributed by atoms with Crippen molar-refractivity contribution in [3.05, 3.63) is 176 Å². The number of nitrogens with one attached hydrogen (secondary N) is 4. The van der Waals surface area contributed by atoms with Crippen molar-refractivity contribution in [1.29, 1.82) is 0 Å². The lowest BCUT2D eigenvalue weighted by Gasteiger charge is -2.29. The van der Waals surface area contributed by atoms with E-state index < -0.39 is 101 Å². The van der Waals surface area contributed by atoms with E-state index in [1.807, 2.05) is 102 Å². The third-order valence-corrected chi connectivity index (χ3v) is 21.5. The Morgan fingerprint density at radius 1 is 0.546 bits per heavy atom. The Kier molecular flexibility index (Phi) is 33.3. The van der Waals surface area contributed by atoms with Gasteiger partial charge < -0.3 is 69.0 Å². The Balaban J connectivity index is 0.000000271. The Morgan fingerprint density at radius 3 is 1.29 bits per heavy atom. The van der Waals surface area contributed by atoms with Gasteiger partial charge in [-0.1, -0.05) is 148 Å². The molecule has 12 atom stereocenters. The highest BCUT2D eigenvalue weighted by molar-refractivity contribution is 6.32. The van der Waals surface area contributed by atoms with Crippen LogP contribution in [0.1, 0.15) is 178 Å². The van der Waals surface area contributed by atoms with Crippen LogP contribution in [0.25, 0.3) is 0 Å². The van der Waals surface area contributed by atoms with Gasteiger partial charge in [0.05, 0.1) is 78.9 Å². The number of carboxylic acids is 1. The van der Waals surface area contributed by atoms with Crippen LogP contribution in [0.15, 0.2) is 122 Å². The molecule has 5 N–H and O–H groups in total. The predicted molar refractivity (Wildman–Crippen MR) is 437 cm³/mol. The van der Waals surface area contributed by atoms with Crippen LogP contribution in [0.4, 0.5) is 0 Å². The molecule has 2 aromatic heterocycles. The van der Waals surface area contributed by atoms with Crippen LogP contribution in [-0.4, -0.2) is 178 Å². The molecule has 4 aromatic carbocycles. The topological polar surface area (TPSA) is 390 Å². The summed E-state index contributed by atoms with van der Waals surface area (Å²) in [6.45, 7) is 18.7. The van der Waals surface area contributed by atoms with Crippen LogP contribution in [0.5, 0.6) is 11.5 Å². The monoisotopic (exact) mass is 1680 g/mol. The normalized spacial score (nSPS) is 23.6. The molecule has 6 aromatic rings. The number of carboxylic acid groups (broad SMARTS) is 1. The summed E-state index contributed by atoms with van der Waals surface area (Å²) in [4.78, 5) is 131. The lowest BCUT2D eigenvalue weighted by atomic mass is 9.92. The maximum absolute atomic E-state index is 13.8. The number of methoxy groups -OCH3 is 3. The summed E-state index contributed by atoms with van der Waals surface area (Å²) < 4.78 is 54.9.